The quantitative estimate of drug-likeness (QED) is 0.868. The number of hydrogen-bond donors (Lipinski definition) is 0. The Hall–Kier alpha value is -2.19. The minimum Gasteiger partial charge on any atom is -0.311 e. The molecule has 0 radical (unpaired) electrons. The minimum atomic E-state index is -0.135. The highest BCUT2D eigenvalue weighted by Gasteiger charge is 2.14. The summed E-state index contributed by atoms with van der Waals surface area (Å²) < 4.78 is 0.912. The summed E-state index contributed by atoms with van der Waals surface area (Å²) in [5.41, 5.74) is 1.91. The van der Waals surface area contributed by atoms with Gasteiger partial charge >= 0.3 is 0 Å². The zero-order valence-electron chi connectivity index (χ0n) is 10.9. The number of carbonyl (C=O) groups is 1. The standard InChI is InChI=1S/C15H12BrN3O/c1-19(14-4-2-3-12(16)10-14)15(20)11-6-8-18-13(9-11)5-7-17/h2-4,6,8-10H,5H2,1H3. The Balaban J connectivity index is 2.27. The lowest BCUT2D eigenvalue weighted by Crippen LogP contribution is -2.26. The van der Waals surface area contributed by atoms with E-state index in [1.807, 2.05) is 30.3 Å². The summed E-state index contributed by atoms with van der Waals surface area (Å²) in [5.74, 6) is -0.135. The van der Waals surface area contributed by atoms with E-state index in [1.165, 1.54) is 0 Å². The molecule has 0 bridgehead atoms. The molecule has 0 aliphatic carbocycles. The van der Waals surface area contributed by atoms with E-state index in [0.29, 0.717) is 11.3 Å². The molecule has 2 rings (SSSR count). The molecule has 1 amide bonds. The second-order valence-corrected chi connectivity index (χ2v) is 5.13. The van der Waals surface area contributed by atoms with E-state index in [1.54, 1.807) is 30.3 Å². The SMILES string of the molecule is CN(C(=O)c1ccnc(CC#N)c1)c1cccc(Br)c1. The first-order valence-corrected chi connectivity index (χ1v) is 6.76. The normalized spacial score (nSPS) is 9.85. The van der Waals surface area contributed by atoms with Crippen molar-refractivity contribution >= 4 is 27.5 Å². The number of amides is 1. The van der Waals surface area contributed by atoms with Gasteiger partial charge in [-0.25, -0.2) is 0 Å². The van der Waals surface area contributed by atoms with Crippen LogP contribution in [0.2, 0.25) is 0 Å². The van der Waals surface area contributed by atoms with Gasteiger partial charge in [-0.05, 0) is 30.3 Å². The lowest BCUT2D eigenvalue weighted by Gasteiger charge is -2.17. The van der Waals surface area contributed by atoms with Crippen molar-refractivity contribution in [3.63, 3.8) is 0 Å². The summed E-state index contributed by atoms with van der Waals surface area (Å²) in [4.78, 5) is 18.0. The number of pyridine rings is 1. The number of rotatable bonds is 3. The highest BCUT2D eigenvalue weighted by atomic mass is 79.9. The van der Waals surface area contributed by atoms with Gasteiger partial charge in [-0.15, -0.1) is 0 Å². The molecule has 100 valence electrons. The van der Waals surface area contributed by atoms with Crippen LogP contribution in [-0.2, 0) is 6.42 Å². The van der Waals surface area contributed by atoms with Crippen LogP contribution in [0, 0.1) is 11.3 Å². The number of anilines is 1. The van der Waals surface area contributed by atoms with Crippen LogP contribution in [0.25, 0.3) is 0 Å². The van der Waals surface area contributed by atoms with Gasteiger partial charge in [0.25, 0.3) is 5.91 Å². The molecule has 0 spiro atoms. The van der Waals surface area contributed by atoms with Crippen LogP contribution in [-0.4, -0.2) is 17.9 Å². The molecule has 0 aliphatic rings. The maximum atomic E-state index is 12.4. The highest BCUT2D eigenvalue weighted by molar-refractivity contribution is 9.10. The number of aromatic nitrogens is 1. The van der Waals surface area contributed by atoms with Gasteiger partial charge in [0.2, 0.25) is 0 Å². The summed E-state index contributed by atoms with van der Waals surface area (Å²) in [6.45, 7) is 0. The van der Waals surface area contributed by atoms with Crippen LogP contribution in [0.1, 0.15) is 16.1 Å². The Morgan fingerprint density at radius 1 is 1.40 bits per heavy atom. The third kappa shape index (κ3) is 3.22. The molecule has 0 N–H and O–H groups in total. The number of halogens is 1. The lowest BCUT2D eigenvalue weighted by atomic mass is 10.1. The number of benzene rings is 1. The van der Waals surface area contributed by atoms with Gasteiger partial charge in [0.05, 0.1) is 18.2 Å². The van der Waals surface area contributed by atoms with Crippen molar-refractivity contribution in [3.8, 4) is 6.07 Å². The molecule has 0 unspecified atom stereocenters. The Bertz CT molecular complexity index is 679. The molecule has 2 aromatic rings. The average molecular weight is 330 g/mol. The Labute approximate surface area is 125 Å². The predicted octanol–water partition coefficient (Wildman–Crippen LogP) is 3.19. The van der Waals surface area contributed by atoms with Gasteiger partial charge in [0, 0.05) is 29.0 Å². The molecular formula is C15H12BrN3O. The van der Waals surface area contributed by atoms with Crippen molar-refractivity contribution in [1.82, 2.24) is 4.98 Å². The van der Waals surface area contributed by atoms with Crippen molar-refractivity contribution in [2.75, 3.05) is 11.9 Å². The third-order valence-electron chi connectivity index (χ3n) is 2.82. The Morgan fingerprint density at radius 3 is 2.90 bits per heavy atom. The van der Waals surface area contributed by atoms with Crippen LogP contribution in [0.3, 0.4) is 0 Å². The van der Waals surface area contributed by atoms with Gasteiger partial charge in [-0.1, -0.05) is 22.0 Å². The zero-order valence-corrected chi connectivity index (χ0v) is 12.5. The van der Waals surface area contributed by atoms with Crippen molar-refractivity contribution < 1.29 is 4.79 Å². The van der Waals surface area contributed by atoms with Gasteiger partial charge in [0.15, 0.2) is 0 Å². The smallest absolute Gasteiger partial charge is 0.258 e. The van der Waals surface area contributed by atoms with Crippen molar-refractivity contribution in [2.24, 2.45) is 0 Å². The van der Waals surface area contributed by atoms with Crippen LogP contribution in [0.4, 0.5) is 5.69 Å². The van der Waals surface area contributed by atoms with Crippen LogP contribution >= 0.6 is 15.9 Å². The summed E-state index contributed by atoms with van der Waals surface area (Å²) >= 11 is 3.38. The molecule has 1 aromatic heterocycles. The van der Waals surface area contributed by atoms with E-state index < -0.39 is 0 Å². The fourth-order valence-corrected chi connectivity index (χ4v) is 2.17. The monoisotopic (exact) mass is 329 g/mol. The molecule has 1 heterocycles. The first-order valence-electron chi connectivity index (χ1n) is 5.97. The molecule has 4 nitrogen and oxygen atoms in total. The second-order valence-electron chi connectivity index (χ2n) is 4.21. The van der Waals surface area contributed by atoms with Crippen LogP contribution in [0.15, 0.2) is 47.1 Å². The Morgan fingerprint density at radius 2 is 2.20 bits per heavy atom. The van der Waals surface area contributed by atoms with Gasteiger partial charge < -0.3 is 4.90 Å². The topological polar surface area (TPSA) is 57.0 Å². The van der Waals surface area contributed by atoms with E-state index in [4.69, 9.17) is 5.26 Å². The van der Waals surface area contributed by atoms with E-state index >= 15 is 0 Å². The van der Waals surface area contributed by atoms with Crippen LogP contribution < -0.4 is 4.90 Å². The maximum Gasteiger partial charge on any atom is 0.258 e. The van der Waals surface area contributed by atoms with E-state index in [0.717, 1.165) is 10.2 Å². The number of hydrogen-bond acceptors (Lipinski definition) is 3. The van der Waals surface area contributed by atoms with Gasteiger partial charge in [0.1, 0.15) is 0 Å². The minimum absolute atomic E-state index is 0.135. The van der Waals surface area contributed by atoms with Crippen molar-refractivity contribution in [3.05, 3.63) is 58.3 Å². The second kappa shape index (κ2) is 6.31. The number of carbonyl (C=O) groups excluding carboxylic acids is 1. The zero-order chi connectivity index (χ0) is 14.5. The molecule has 0 saturated heterocycles. The highest BCUT2D eigenvalue weighted by Crippen LogP contribution is 2.20. The third-order valence-corrected chi connectivity index (χ3v) is 3.32. The van der Waals surface area contributed by atoms with E-state index in [-0.39, 0.29) is 12.3 Å². The Kier molecular flexibility index (Phi) is 4.49. The molecule has 20 heavy (non-hydrogen) atoms. The predicted molar refractivity (Wildman–Crippen MR) is 80.4 cm³/mol. The fraction of sp³-hybridized carbons (Fsp3) is 0.133. The number of nitrogens with zero attached hydrogens (tertiary/aromatic N) is 3. The first kappa shape index (κ1) is 14.2. The first-order chi connectivity index (χ1) is 9.61. The molecular weight excluding hydrogens is 318 g/mol. The van der Waals surface area contributed by atoms with E-state index in [9.17, 15) is 4.79 Å². The molecule has 1 aromatic carbocycles. The van der Waals surface area contributed by atoms with Crippen molar-refractivity contribution in [2.45, 2.75) is 6.42 Å². The lowest BCUT2D eigenvalue weighted by molar-refractivity contribution is 0.0993. The van der Waals surface area contributed by atoms with Gasteiger partial charge in [-0.3, -0.25) is 9.78 Å². The average Bonchev–Trinajstić information content (AvgIpc) is 2.46. The summed E-state index contributed by atoms with van der Waals surface area (Å²) in [6.07, 6.45) is 1.75. The molecule has 5 heteroatoms. The largest absolute Gasteiger partial charge is 0.311 e. The number of nitriles is 1. The molecule has 0 saturated carbocycles. The van der Waals surface area contributed by atoms with Gasteiger partial charge in [-0.2, -0.15) is 5.26 Å². The molecule has 0 atom stereocenters. The van der Waals surface area contributed by atoms with Crippen LogP contribution in [0.5, 0.6) is 0 Å². The summed E-state index contributed by atoms with van der Waals surface area (Å²) in [7, 11) is 1.72. The van der Waals surface area contributed by atoms with Crippen molar-refractivity contribution in [1.29, 1.82) is 5.26 Å². The summed E-state index contributed by atoms with van der Waals surface area (Å²) in [5, 5.41) is 8.68. The van der Waals surface area contributed by atoms with E-state index in [2.05, 4.69) is 20.9 Å². The molecule has 0 fully saturated rings. The summed E-state index contributed by atoms with van der Waals surface area (Å²) in [6, 6.07) is 12.8. The fourth-order valence-electron chi connectivity index (χ4n) is 1.78. The maximum absolute atomic E-state index is 12.4. The molecule has 0 aliphatic heterocycles.